The van der Waals surface area contributed by atoms with Crippen molar-refractivity contribution in [3.63, 3.8) is 0 Å². The summed E-state index contributed by atoms with van der Waals surface area (Å²) in [5.41, 5.74) is 4.44. The van der Waals surface area contributed by atoms with Crippen LogP contribution in [-0.2, 0) is 17.8 Å². The summed E-state index contributed by atoms with van der Waals surface area (Å²) in [6.45, 7) is 8.56. The van der Waals surface area contributed by atoms with Gasteiger partial charge in [0.1, 0.15) is 0 Å². The summed E-state index contributed by atoms with van der Waals surface area (Å²) < 4.78 is 0. The molecular formula is C24H36N4O2. The van der Waals surface area contributed by atoms with Crippen LogP contribution in [-0.4, -0.2) is 60.8 Å². The first kappa shape index (κ1) is 22.5. The molecular weight excluding hydrogens is 376 g/mol. The molecule has 2 heterocycles. The van der Waals surface area contributed by atoms with Crippen molar-refractivity contribution < 1.29 is 9.90 Å². The van der Waals surface area contributed by atoms with Gasteiger partial charge < -0.3 is 21.1 Å². The molecule has 3 rings (SSSR count). The number of carbonyl (C=O) groups excluding carboxylic acids is 1. The second kappa shape index (κ2) is 11.3. The molecule has 2 aliphatic rings. The van der Waals surface area contributed by atoms with Crippen molar-refractivity contribution in [2.24, 2.45) is 0 Å². The second-order valence-corrected chi connectivity index (χ2v) is 8.49. The summed E-state index contributed by atoms with van der Waals surface area (Å²) in [6.07, 6.45) is 6.47. The molecule has 2 aliphatic heterocycles. The van der Waals surface area contributed by atoms with Gasteiger partial charge in [-0.2, -0.15) is 0 Å². The summed E-state index contributed by atoms with van der Waals surface area (Å²) in [5, 5.41) is 20.1. The van der Waals surface area contributed by atoms with Crippen LogP contribution in [0.3, 0.4) is 0 Å². The SMILES string of the molecule is C/C(=C\C=C(/C)C(=O)NCC(O)CN1CCc2ccccc2C1)NC1CCNCC1. The van der Waals surface area contributed by atoms with E-state index in [0.29, 0.717) is 18.2 Å². The molecule has 0 bridgehead atoms. The molecule has 1 amide bonds. The lowest BCUT2D eigenvalue weighted by molar-refractivity contribution is -0.118. The van der Waals surface area contributed by atoms with E-state index in [2.05, 4.69) is 45.1 Å². The monoisotopic (exact) mass is 412 g/mol. The van der Waals surface area contributed by atoms with Gasteiger partial charge in [0.15, 0.2) is 0 Å². The first-order valence-electron chi connectivity index (χ1n) is 11.1. The zero-order valence-electron chi connectivity index (χ0n) is 18.3. The van der Waals surface area contributed by atoms with Crippen molar-refractivity contribution in [3.8, 4) is 0 Å². The minimum absolute atomic E-state index is 0.135. The van der Waals surface area contributed by atoms with Gasteiger partial charge in [-0.3, -0.25) is 9.69 Å². The van der Waals surface area contributed by atoms with Crippen molar-refractivity contribution in [1.29, 1.82) is 0 Å². The number of nitrogens with zero attached hydrogens (tertiary/aromatic N) is 1. The molecule has 0 saturated carbocycles. The fraction of sp³-hybridized carbons (Fsp3) is 0.542. The maximum absolute atomic E-state index is 12.3. The Kier molecular flexibility index (Phi) is 8.49. The second-order valence-electron chi connectivity index (χ2n) is 8.49. The average molecular weight is 413 g/mol. The van der Waals surface area contributed by atoms with Crippen LogP contribution < -0.4 is 16.0 Å². The third-order valence-electron chi connectivity index (χ3n) is 5.89. The molecule has 0 radical (unpaired) electrons. The third kappa shape index (κ3) is 6.97. The fourth-order valence-electron chi connectivity index (χ4n) is 4.08. The highest BCUT2D eigenvalue weighted by molar-refractivity contribution is 5.93. The number of carbonyl (C=O) groups is 1. The van der Waals surface area contributed by atoms with Gasteiger partial charge in [-0.1, -0.05) is 30.3 Å². The van der Waals surface area contributed by atoms with Crippen molar-refractivity contribution in [1.82, 2.24) is 20.9 Å². The molecule has 6 heteroatoms. The summed E-state index contributed by atoms with van der Waals surface area (Å²) in [6, 6.07) is 8.97. The number of amides is 1. The summed E-state index contributed by atoms with van der Waals surface area (Å²) in [4.78, 5) is 14.6. The largest absolute Gasteiger partial charge is 0.390 e. The van der Waals surface area contributed by atoms with Gasteiger partial charge in [0.25, 0.3) is 0 Å². The highest BCUT2D eigenvalue weighted by Crippen LogP contribution is 2.18. The van der Waals surface area contributed by atoms with Crippen molar-refractivity contribution in [3.05, 3.63) is 58.8 Å². The van der Waals surface area contributed by atoms with E-state index in [1.54, 1.807) is 6.92 Å². The number of hydrogen-bond donors (Lipinski definition) is 4. The lowest BCUT2D eigenvalue weighted by atomic mass is 10.00. The molecule has 1 aromatic carbocycles. The first-order chi connectivity index (χ1) is 14.5. The molecule has 1 saturated heterocycles. The number of aliphatic hydroxyl groups excluding tert-OH is 1. The smallest absolute Gasteiger partial charge is 0.247 e. The summed E-state index contributed by atoms with van der Waals surface area (Å²) in [7, 11) is 0. The van der Waals surface area contributed by atoms with Gasteiger partial charge in [-0.15, -0.1) is 0 Å². The highest BCUT2D eigenvalue weighted by Gasteiger charge is 2.19. The molecule has 6 nitrogen and oxygen atoms in total. The molecule has 30 heavy (non-hydrogen) atoms. The van der Waals surface area contributed by atoms with Gasteiger partial charge in [-0.25, -0.2) is 0 Å². The predicted octanol–water partition coefficient (Wildman–Crippen LogP) is 1.71. The number of allylic oxidation sites excluding steroid dienone is 3. The van der Waals surface area contributed by atoms with Crippen LogP contribution in [0.4, 0.5) is 0 Å². The van der Waals surface area contributed by atoms with Crippen molar-refractivity contribution in [2.45, 2.75) is 51.8 Å². The normalized spacial score (nSPS) is 19.8. The molecule has 1 aromatic rings. The van der Waals surface area contributed by atoms with E-state index in [4.69, 9.17) is 0 Å². The van der Waals surface area contributed by atoms with Gasteiger partial charge in [0, 0.05) is 43.5 Å². The Morgan fingerprint density at radius 2 is 1.97 bits per heavy atom. The number of piperidine rings is 1. The van der Waals surface area contributed by atoms with Crippen LogP contribution in [0.15, 0.2) is 47.7 Å². The zero-order chi connectivity index (χ0) is 21.3. The standard InChI is InChI=1S/C24H36N4O2/c1-18(7-8-19(2)27-22-9-12-25-13-10-22)24(30)26-15-23(29)17-28-14-11-20-5-3-4-6-21(20)16-28/h3-8,22-23,25,27,29H,9-17H2,1-2H3,(H,26,30)/b18-7+,19-8+. The first-order valence-corrected chi connectivity index (χ1v) is 11.1. The van der Waals surface area contributed by atoms with E-state index >= 15 is 0 Å². The van der Waals surface area contributed by atoms with E-state index in [9.17, 15) is 9.90 Å². The Hall–Kier alpha value is -2.15. The quantitative estimate of drug-likeness (QED) is 0.386. The van der Waals surface area contributed by atoms with Crippen LogP contribution in [0.5, 0.6) is 0 Å². The number of hydrogen-bond acceptors (Lipinski definition) is 5. The van der Waals surface area contributed by atoms with E-state index < -0.39 is 6.10 Å². The number of fused-ring (bicyclic) bond motifs is 1. The van der Waals surface area contributed by atoms with Gasteiger partial charge in [0.05, 0.1) is 6.10 Å². The lowest BCUT2D eigenvalue weighted by Crippen LogP contribution is -2.42. The molecule has 4 N–H and O–H groups in total. The Morgan fingerprint density at radius 1 is 1.23 bits per heavy atom. The van der Waals surface area contributed by atoms with Crippen molar-refractivity contribution >= 4 is 5.91 Å². The van der Waals surface area contributed by atoms with Gasteiger partial charge >= 0.3 is 0 Å². The molecule has 0 spiro atoms. The molecule has 0 aromatic heterocycles. The maximum Gasteiger partial charge on any atom is 0.247 e. The van der Waals surface area contributed by atoms with E-state index in [1.165, 1.54) is 11.1 Å². The fourth-order valence-corrected chi connectivity index (χ4v) is 4.08. The number of rotatable bonds is 8. The highest BCUT2D eigenvalue weighted by atomic mass is 16.3. The average Bonchev–Trinajstić information content (AvgIpc) is 2.76. The Labute approximate surface area is 180 Å². The minimum atomic E-state index is -0.578. The third-order valence-corrected chi connectivity index (χ3v) is 5.89. The van der Waals surface area contributed by atoms with Crippen LogP contribution in [0.2, 0.25) is 0 Å². The molecule has 1 atom stereocenters. The molecule has 164 valence electrons. The molecule has 0 aliphatic carbocycles. The van der Waals surface area contributed by atoms with Gasteiger partial charge in [0.2, 0.25) is 5.91 Å². The number of β-amino-alcohol motifs (C(OH)–C–C–N with tert-alkyl or cyclic N) is 1. The van der Waals surface area contributed by atoms with Crippen LogP contribution in [0, 0.1) is 0 Å². The van der Waals surface area contributed by atoms with E-state index in [1.807, 2.05) is 19.1 Å². The number of nitrogens with one attached hydrogen (secondary N) is 3. The van der Waals surface area contributed by atoms with Gasteiger partial charge in [-0.05, 0) is 63.4 Å². The molecule has 1 unspecified atom stereocenters. The topological polar surface area (TPSA) is 76.6 Å². The Morgan fingerprint density at radius 3 is 2.73 bits per heavy atom. The van der Waals surface area contributed by atoms with Crippen molar-refractivity contribution in [2.75, 3.05) is 32.7 Å². The van der Waals surface area contributed by atoms with E-state index in [0.717, 1.165) is 51.1 Å². The maximum atomic E-state index is 12.3. The number of benzene rings is 1. The minimum Gasteiger partial charge on any atom is -0.390 e. The zero-order valence-corrected chi connectivity index (χ0v) is 18.3. The van der Waals surface area contributed by atoms with Crippen LogP contribution >= 0.6 is 0 Å². The van der Waals surface area contributed by atoms with Crippen LogP contribution in [0.25, 0.3) is 0 Å². The predicted molar refractivity (Wildman–Crippen MR) is 121 cm³/mol. The lowest BCUT2D eigenvalue weighted by Gasteiger charge is -2.30. The summed E-state index contributed by atoms with van der Waals surface area (Å²) >= 11 is 0. The molecule has 1 fully saturated rings. The Bertz CT molecular complexity index is 768. The van der Waals surface area contributed by atoms with E-state index in [-0.39, 0.29) is 12.5 Å². The number of aliphatic hydroxyl groups is 1. The summed E-state index contributed by atoms with van der Waals surface area (Å²) in [5.74, 6) is -0.135. The Balaban J connectivity index is 1.39. The van der Waals surface area contributed by atoms with Crippen LogP contribution in [0.1, 0.15) is 37.8 Å².